The Kier molecular flexibility index (Phi) is 6.71. The second-order valence-electron chi connectivity index (χ2n) is 6.24. The summed E-state index contributed by atoms with van der Waals surface area (Å²) in [6, 6.07) is 15.5. The lowest BCUT2D eigenvalue weighted by molar-refractivity contribution is -0.116. The van der Waals surface area contributed by atoms with Gasteiger partial charge in [0.1, 0.15) is 5.82 Å². The highest BCUT2D eigenvalue weighted by Gasteiger charge is 2.10. The minimum Gasteiger partial charge on any atom is -0.493 e. The number of carbonyl (C=O) groups is 1. The molecule has 0 saturated heterocycles. The summed E-state index contributed by atoms with van der Waals surface area (Å²) in [7, 11) is 3.20. The molecule has 1 amide bonds. The third-order valence-electron chi connectivity index (χ3n) is 4.32. The molecule has 1 N–H and O–H groups in total. The molecule has 7 heteroatoms. The number of anilines is 1. The molecule has 3 aromatic rings. The molecule has 3 rings (SSSR count). The van der Waals surface area contributed by atoms with Crippen molar-refractivity contribution in [3.63, 3.8) is 0 Å². The van der Waals surface area contributed by atoms with Gasteiger partial charge in [-0.1, -0.05) is 34.1 Å². The number of rotatable bonds is 8. The van der Waals surface area contributed by atoms with Crippen molar-refractivity contribution in [2.45, 2.75) is 19.4 Å². The second kappa shape index (κ2) is 9.41. The Balaban J connectivity index is 1.58. The van der Waals surface area contributed by atoms with Gasteiger partial charge < -0.3 is 14.8 Å². The molecule has 0 atom stereocenters. The third-order valence-corrected chi connectivity index (χ3v) is 4.85. The van der Waals surface area contributed by atoms with Gasteiger partial charge in [0, 0.05) is 17.0 Å². The predicted octanol–water partition coefficient (Wildman–Crippen LogP) is 4.28. The van der Waals surface area contributed by atoms with Crippen LogP contribution < -0.4 is 14.8 Å². The molecule has 0 aliphatic heterocycles. The van der Waals surface area contributed by atoms with E-state index in [1.165, 1.54) is 0 Å². The Hall–Kier alpha value is -2.80. The molecular formula is C21H22BrN3O3. The number of aromatic nitrogens is 2. The number of hydrogen-bond acceptors (Lipinski definition) is 4. The number of aryl methyl sites for hydroxylation is 1. The summed E-state index contributed by atoms with van der Waals surface area (Å²) < 4.78 is 13.4. The van der Waals surface area contributed by atoms with Crippen LogP contribution in [0.4, 0.5) is 5.82 Å². The first-order valence-electron chi connectivity index (χ1n) is 8.86. The Labute approximate surface area is 172 Å². The SMILES string of the molecule is COc1ccc(CCC(=O)Nc2ccnn2Cc2ccc(Br)cc2)cc1OC. The lowest BCUT2D eigenvalue weighted by Crippen LogP contribution is -2.16. The quantitative estimate of drug-likeness (QED) is 0.563. The number of methoxy groups -OCH3 is 2. The zero-order chi connectivity index (χ0) is 19.9. The van der Waals surface area contributed by atoms with E-state index in [1.807, 2.05) is 42.5 Å². The highest BCUT2D eigenvalue weighted by molar-refractivity contribution is 9.10. The molecule has 0 bridgehead atoms. The number of carbonyl (C=O) groups excluding carboxylic acids is 1. The first kappa shape index (κ1) is 19.9. The van der Waals surface area contributed by atoms with Crippen molar-refractivity contribution in [1.29, 1.82) is 0 Å². The standard InChI is InChI=1S/C21H22BrN3O3/c1-27-18-9-5-15(13-19(18)28-2)6-10-21(26)24-20-11-12-23-25(20)14-16-3-7-17(22)8-4-16/h3-5,7-9,11-13H,6,10,14H2,1-2H3,(H,24,26). The Morgan fingerprint density at radius 1 is 1.04 bits per heavy atom. The maximum Gasteiger partial charge on any atom is 0.225 e. The highest BCUT2D eigenvalue weighted by Crippen LogP contribution is 2.28. The molecule has 0 fully saturated rings. The second-order valence-corrected chi connectivity index (χ2v) is 7.15. The van der Waals surface area contributed by atoms with Crippen LogP contribution in [0.3, 0.4) is 0 Å². The fourth-order valence-corrected chi connectivity index (χ4v) is 3.09. The fourth-order valence-electron chi connectivity index (χ4n) is 2.83. The number of nitrogens with zero attached hydrogens (tertiary/aromatic N) is 2. The number of benzene rings is 2. The van der Waals surface area contributed by atoms with Crippen LogP contribution in [0.1, 0.15) is 17.5 Å². The van der Waals surface area contributed by atoms with E-state index in [4.69, 9.17) is 9.47 Å². The Morgan fingerprint density at radius 2 is 1.75 bits per heavy atom. The van der Waals surface area contributed by atoms with E-state index < -0.39 is 0 Å². The third kappa shape index (κ3) is 5.13. The summed E-state index contributed by atoms with van der Waals surface area (Å²) in [5, 5.41) is 7.25. The summed E-state index contributed by atoms with van der Waals surface area (Å²) in [5.41, 5.74) is 2.11. The van der Waals surface area contributed by atoms with Crippen LogP contribution in [0.2, 0.25) is 0 Å². The van der Waals surface area contributed by atoms with Gasteiger partial charge in [-0.2, -0.15) is 5.10 Å². The molecule has 0 saturated carbocycles. The summed E-state index contributed by atoms with van der Waals surface area (Å²) >= 11 is 3.43. The minimum absolute atomic E-state index is 0.0626. The first-order valence-corrected chi connectivity index (χ1v) is 9.65. The van der Waals surface area contributed by atoms with Crippen LogP contribution in [0, 0.1) is 0 Å². The number of hydrogen-bond donors (Lipinski definition) is 1. The Morgan fingerprint density at radius 3 is 2.46 bits per heavy atom. The predicted molar refractivity (Wildman–Crippen MR) is 112 cm³/mol. The van der Waals surface area contributed by atoms with Gasteiger partial charge in [0.15, 0.2) is 11.5 Å². The number of ether oxygens (including phenoxy) is 2. The van der Waals surface area contributed by atoms with Crippen LogP contribution in [-0.4, -0.2) is 29.9 Å². The van der Waals surface area contributed by atoms with Crippen molar-refractivity contribution in [3.8, 4) is 11.5 Å². The monoisotopic (exact) mass is 443 g/mol. The molecule has 1 aromatic heterocycles. The van der Waals surface area contributed by atoms with Gasteiger partial charge >= 0.3 is 0 Å². The number of nitrogens with one attached hydrogen (secondary N) is 1. The molecule has 2 aromatic carbocycles. The van der Waals surface area contributed by atoms with Crippen LogP contribution in [-0.2, 0) is 17.8 Å². The topological polar surface area (TPSA) is 65.4 Å². The maximum absolute atomic E-state index is 12.4. The average molecular weight is 444 g/mol. The molecule has 0 unspecified atom stereocenters. The van der Waals surface area contributed by atoms with E-state index in [-0.39, 0.29) is 5.91 Å². The average Bonchev–Trinajstić information content (AvgIpc) is 3.14. The maximum atomic E-state index is 12.4. The molecular weight excluding hydrogens is 422 g/mol. The summed E-state index contributed by atoms with van der Waals surface area (Å²) in [4.78, 5) is 12.4. The van der Waals surface area contributed by atoms with Crippen LogP contribution in [0.5, 0.6) is 11.5 Å². The van der Waals surface area contributed by atoms with E-state index >= 15 is 0 Å². The van der Waals surface area contributed by atoms with Crippen molar-refractivity contribution >= 4 is 27.7 Å². The van der Waals surface area contributed by atoms with Gasteiger partial charge in [-0.15, -0.1) is 0 Å². The number of amides is 1. The zero-order valence-electron chi connectivity index (χ0n) is 15.8. The van der Waals surface area contributed by atoms with Gasteiger partial charge in [-0.3, -0.25) is 4.79 Å². The Bertz CT molecular complexity index is 938. The van der Waals surface area contributed by atoms with E-state index in [0.29, 0.717) is 36.7 Å². The molecule has 0 aliphatic rings. The molecule has 146 valence electrons. The summed E-state index contributed by atoms with van der Waals surface area (Å²) in [5.74, 6) is 1.95. The van der Waals surface area contributed by atoms with Crippen molar-refractivity contribution in [2.75, 3.05) is 19.5 Å². The fraction of sp³-hybridized carbons (Fsp3) is 0.238. The summed E-state index contributed by atoms with van der Waals surface area (Å²) in [6.07, 6.45) is 2.65. The molecule has 0 aliphatic carbocycles. The largest absolute Gasteiger partial charge is 0.493 e. The lowest BCUT2D eigenvalue weighted by atomic mass is 10.1. The molecule has 1 heterocycles. The highest BCUT2D eigenvalue weighted by atomic mass is 79.9. The zero-order valence-corrected chi connectivity index (χ0v) is 17.4. The van der Waals surface area contributed by atoms with Gasteiger partial charge in [-0.05, 0) is 41.8 Å². The van der Waals surface area contributed by atoms with E-state index in [0.717, 1.165) is 15.6 Å². The van der Waals surface area contributed by atoms with E-state index in [1.54, 1.807) is 31.2 Å². The normalized spacial score (nSPS) is 10.5. The molecule has 0 radical (unpaired) electrons. The van der Waals surface area contributed by atoms with E-state index in [9.17, 15) is 4.79 Å². The van der Waals surface area contributed by atoms with Crippen LogP contribution >= 0.6 is 15.9 Å². The van der Waals surface area contributed by atoms with Gasteiger partial charge in [0.05, 0.1) is 27.0 Å². The van der Waals surface area contributed by atoms with Crippen molar-refractivity contribution < 1.29 is 14.3 Å². The van der Waals surface area contributed by atoms with Crippen molar-refractivity contribution in [2.24, 2.45) is 0 Å². The van der Waals surface area contributed by atoms with Crippen molar-refractivity contribution in [1.82, 2.24) is 9.78 Å². The summed E-state index contributed by atoms with van der Waals surface area (Å²) in [6.45, 7) is 0.589. The number of halogens is 1. The molecule has 6 nitrogen and oxygen atoms in total. The van der Waals surface area contributed by atoms with Crippen LogP contribution in [0.15, 0.2) is 59.2 Å². The van der Waals surface area contributed by atoms with Gasteiger partial charge in [0.2, 0.25) is 5.91 Å². The van der Waals surface area contributed by atoms with Crippen molar-refractivity contribution in [3.05, 3.63) is 70.3 Å². The van der Waals surface area contributed by atoms with Gasteiger partial charge in [0.25, 0.3) is 0 Å². The van der Waals surface area contributed by atoms with E-state index in [2.05, 4.69) is 26.3 Å². The minimum atomic E-state index is -0.0626. The lowest BCUT2D eigenvalue weighted by Gasteiger charge is -2.11. The van der Waals surface area contributed by atoms with Gasteiger partial charge in [-0.25, -0.2) is 4.68 Å². The molecule has 0 spiro atoms. The van der Waals surface area contributed by atoms with Crippen LogP contribution in [0.25, 0.3) is 0 Å². The molecule has 28 heavy (non-hydrogen) atoms. The smallest absolute Gasteiger partial charge is 0.225 e. The first-order chi connectivity index (χ1) is 13.6.